The van der Waals surface area contributed by atoms with Crippen molar-refractivity contribution in [1.29, 1.82) is 0 Å². The first-order valence-electron chi connectivity index (χ1n) is 6.22. The van der Waals surface area contributed by atoms with Gasteiger partial charge < -0.3 is 14.6 Å². The number of carboxylic acids is 1. The van der Waals surface area contributed by atoms with Crippen molar-refractivity contribution in [3.05, 3.63) is 48.5 Å². The summed E-state index contributed by atoms with van der Waals surface area (Å²) in [6.07, 6.45) is 4.81. The normalized spacial score (nSPS) is 10.2. The summed E-state index contributed by atoms with van der Waals surface area (Å²) in [5.41, 5.74) is 1.08. The Balaban J connectivity index is 2.30. The van der Waals surface area contributed by atoms with Crippen molar-refractivity contribution in [2.45, 2.75) is 13.5 Å². The number of rotatable bonds is 5. The third kappa shape index (κ3) is 2.85. The topological polar surface area (TPSA) is 75.4 Å². The fourth-order valence-electron chi connectivity index (χ4n) is 2.00. The summed E-state index contributed by atoms with van der Waals surface area (Å²) in [7, 11) is 0. The van der Waals surface area contributed by atoms with Crippen molar-refractivity contribution in [3.8, 4) is 0 Å². The minimum Gasteiger partial charge on any atom is -0.480 e. The van der Waals surface area contributed by atoms with Gasteiger partial charge in [-0.05, 0) is 31.2 Å². The van der Waals surface area contributed by atoms with Crippen LogP contribution in [0.2, 0.25) is 0 Å². The van der Waals surface area contributed by atoms with E-state index in [9.17, 15) is 9.59 Å². The van der Waals surface area contributed by atoms with Crippen LogP contribution in [-0.2, 0) is 11.3 Å². The predicted molar refractivity (Wildman–Crippen MR) is 73.7 cm³/mol. The monoisotopic (exact) mass is 273 g/mol. The molecule has 0 saturated heterocycles. The van der Waals surface area contributed by atoms with Crippen molar-refractivity contribution < 1.29 is 14.7 Å². The first-order chi connectivity index (χ1) is 9.63. The highest BCUT2D eigenvalue weighted by Crippen LogP contribution is 2.16. The van der Waals surface area contributed by atoms with Crippen molar-refractivity contribution in [2.75, 3.05) is 11.4 Å². The Kier molecular flexibility index (Phi) is 4.14. The van der Waals surface area contributed by atoms with Gasteiger partial charge >= 0.3 is 5.97 Å². The van der Waals surface area contributed by atoms with E-state index in [-0.39, 0.29) is 12.5 Å². The maximum atomic E-state index is 12.5. The molecule has 2 heterocycles. The predicted octanol–water partition coefficient (Wildman–Crippen LogP) is 1.63. The van der Waals surface area contributed by atoms with Crippen LogP contribution in [-0.4, -0.2) is 33.1 Å². The molecule has 0 radical (unpaired) electrons. The molecule has 2 aromatic rings. The molecule has 0 fully saturated rings. The van der Waals surface area contributed by atoms with E-state index in [0.29, 0.717) is 12.2 Å². The molecule has 0 aliphatic carbocycles. The van der Waals surface area contributed by atoms with Crippen molar-refractivity contribution in [1.82, 2.24) is 9.55 Å². The lowest BCUT2D eigenvalue weighted by molar-refractivity contribution is -0.137. The Labute approximate surface area is 116 Å². The number of carbonyl (C=O) groups is 2. The Morgan fingerprint density at radius 3 is 2.60 bits per heavy atom. The van der Waals surface area contributed by atoms with Gasteiger partial charge in [-0.3, -0.25) is 14.6 Å². The second kappa shape index (κ2) is 6.01. The van der Waals surface area contributed by atoms with Gasteiger partial charge in [-0.15, -0.1) is 0 Å². The van der Waals surface area contributed by atoms with E-state index in [4.69, 9.17) is 5.11 Å². The number of nitrogens with zero attached hydrogens (tertiary/aromatic N) is 3. The molecule has 6 heteroatoms. The summed E-state index contributed by atoms with van der Waals surface area (Å²) in [6.45, 7) is 2.12. The maximum Gasteiger partial charge on any atom is 0.323 e. The van der Waals surface area contributed by atoms with E-state index in [1.807, 2.05) is 6.92 Å². The van der Waals surface area contributed by atoms with Gasteiger partial charge in [0.15, 0.2) is 0 Å². The third-order valence-corrected chi connectivity index (χ3v) is 2.89. The van der Waals surface area contributed by atoms with Crippen LogP contribution in [0.25, 0.3) is 0 Å². The number of aliphatic carboxylic acids is 1. The van der Waals surface area contributed by atoms with Crippen LogP contribution in [0.15, 0.2) is 42.9 Å². The number of aromatic nitrogens is 2. The van der Waals surface area contributed by atoms with E-state index in [0.717, 1.165) is 5.69 Å². The molecule has 6 nitrogen and oxygen atoms in total. The molecule has 0 spiro atoms. The summed E-state index contributed by atoms with van der Waals surface area (Å²) in [5.74, 6) is -1.22. The molecule has 2 rings (SSSR count). The average molecular weight is 273 g/mol. The molecule has 104 valence electrons. The Morgan fingerprint density at radius 1 is 1.30 bits per heavy atom. The Bertz CT molecular complexity index is 607. The minimum atomic E-state index is -0.984. The Hall–Kier alpha value is -2.63. The van der Waals surface area contributed by atoms with Crippen LogP contribution < -0.4 is 4.90 Å². The van der Waals surface area contributed by atoms with Gasteiger partial charge in [0, 0.05) is 30.8 Å². The number of hydrogen-bond acceptors (Lipinski definition) is 3. The zero-order valence-corrected chi connectivity index (χ0v) is 11.1. The molecule has 1 amide bonds. The lowest BCUT2D eigenvalue weighted by Gasteiger charge is -2.21. The molecule has 0 atom stereocenters. The third-order valence-electron chi connectivity index (χ3n) is 2.89. The number of hydrogen-bond donors (Lipinski definition) is 1. The molecule has 0 aliphatic rings. The lowest BCUT2D eigenvalue weighted by Crippen LogP contribution is -2.32. The number of anilines is 1. The van der Waals surface area contributed by atoms with Crippen molar-refractivity contribution in [3.63, 3.8) is 0 Å². The Morgan fingerprint density at radius 2 is 2.00 bits per heavy atom. The second-order valence-corrected chi connectivity index (χ2v) is 4.17. The standard InChI is InChI=1S/C14H15N3O3/c1-2-17(11-5-7-15-8-6-11)14(20)12-4-3-9-16(12)10-13(18)19/h3-9H,2,10H2,1H3,(H,18,19). The molecule has 0 aromatic carbocycles. The molecule has 0 bridgehead atoms. The summed E-state index contributed by atoms with van der Waals surface area (Å²) < 4.78 is 1.43. The number of pyridine rings is 1. The van der Waals surface area contributed by atoms with Crippen molar-refractivity contribution in [2.24, 2.45) is 0 Å². The quantitative estimate of drug-likeness (QED) is 0.898. The number of carboxylic acid groups (broad SMARTS) is 1. The first kappa shape index (κ1) is 13.8. The number of carbonyl (C=O) groups excluding carboxylic acids is 1. The summed E-state index contributed by atoms with van der Waals surface area (Å²) in [4.78, 5) is 28.8. The van der Waals surface area contributed by atoms with Crippen LogP contribution in [0.4, 0.5) is 5.69 Å². The lowest BCUT2D eigenvalue weighted by atomic mass is 10.3. The van der Waals surface area contributed by atoms with Gasteiger partial charge in [-0.25, -0.2) is 0 Å². The molecular weight excluding hydrogens is 258 g/mol. The second-order valence-electron chi connectivity index (χ2n) is 4.17. The van der Waals surface area contributed by atoms with E-state index in [2.05, 4.69) is 4.98 Å². The summed E-state index contributed by atoms with van der Waals surface area (Å²) in [5, 5.41) is 8.85. The highest BCUT2D eigenvalue weighted by molar-refractivity contribution is 6.05. The fourth-order valence-corrected chi connectivity index (χ4v) is 2.00. The van der Waals surface area contributed by atoms with E-state index < -0.39 is 5.97 Å². The SMILES string of the molecule is CCN(C(=O)c1cccn1CC(=O)O)c1ccncc1. The van der Waals surface area contributed by atoms with Crippen LogP contribution in [0, 0.1) is 0 Å². The number of amides is 1. The first-order valence-corrected chi connectivity index (χ1v) is 6.22. The van der Waals surface area contributed by atoms with Crippen LogP contribution in [0.1, 0.15) is 17.4 Å². The molecule has 2 aromatic heterocycles. The van der Waals surface area contributed by atoms with Gasteiger partial charge in [0.1, 0.15) is 12.2 Å². The smallest absolute Gasteiger partial charge is 0.323 e. The zero-order chi connectivity index (χ0) is 14.5. The van der Waals surface area contributed by atoms with Gasteiger partial charge in [0.05, 0.1) is 0 Å². The fraction of sp³-hybridized carbons (Fsp3) is 0.214. The van der Waals surface area contributed by atoms with Gasteiger partial charge in [-0.1, -0.05) is 0 Å². The zero-order valence-electron chi connectivity index (χ0n) is 11.1. The van der Waals surface area contributed by atoms with E-state index in [1.165, 1.54) is 4.57 Å². The van der Waals surface area contributed by atoms with Gasteiger partial charge in [0.2, 0.25) is 0 Å². The average Bonchev–Trinajstić information content (AvgIpc) is 2.88. The molecule has 0 aliphatic heterocycles. The van der Waals surface area contributed by atoms with Crippen molar-refractivity contribution >= 4 is 17.6 Å². The van der Waals surface area contributed by atoms with Gasteiger partial charge in [0.25, 0.3) is 5.91 Å². The van der Waals surface area contributed by atoms with Crippen LogP contribution >= 0.6 is 0 Å². The summed E-state index contributed by atoms with van der Waals surface area (Å²) in [6, 6.07) is 6.77. The van der Waals surface area contributed by atoms with E-state index >= 15 is 0 Å². The van der Waals surface area contributed by atoms with Crippen LogP contribution in [0.5, 0.6) is 0 Å². The highest BCUT2D eigenvalue weighted by Gasteiger charge is 2.19. The molecule has 20 heavy (non-hydrogen) atoms. The van der Waals surface area contributed by atoms with E-state index in [1.54, 1.807) is 47.8 Å². The summed E-state index contributed by atoms with van der Waals surface area (Å²) >= 11 is 0. The highest BCUT2D eigenvalue weighted by atomic mass is 16.4. The molecular formula is C14H15N3O3. The largest absolute Gasteiger partial charge is 0.480 e. The minimum absolute atomic E-state index is 0.232. The van der Waals surface area contributed by atoms with Gasteiger partial charge in [-0.2, -0.15) is 0 Å². The maximum absolute atomic E-state index is 12.5. The molecule has 1 N–H and O–H groups in total. The molecule has 0 saturated carbocycles. The molecule has 0 unspecified atom stereocenters. The van der Waals surface area contributed by atoms with Crippen LogP contribution in [0.3, 0.4) is 0 Å².